The lowest BCUT2D eigenvalue weighted by atomic mass is 9.97. The van der Waals surface area contributed by atoms with Crippen molar-refractivity contribution in [1.29, 1.82) is 0 Å². The molecule has 1 aromatic heterocycles. The van der Waals surface area contributed by atoms with Crippen molar-refractivity contribution in [1.82, 2.24) is 4.90 Å². The number of benzene rings is 2. The first-order valence-corrected chi connectivity index (χ1v) is 11.1. The molecule has 29 heavy (non-hydrogen) atoms. The largest absolute Gasteiger partial charge is 0.508 e. The topological polar surface area (TPSA) is 105 Å². The third kappa shape index (κ3) is 2.74. The van der Waals surface area contributed by atoms with Crippen molar-refractivity contribution in [3.63, 3.8) is 0 Å². The highest BCUT2D eigenvalue weighted by atomic mass is 32.2. The molecular weight excluding hydrogens is 394 g/mol. The summed E-state index contributed by atoms with van der Waals surface area (Å²) in [6, 6.07) is 11.6. The van der Waals surface area contributed by atoms with Gasteiger partial charge in [-0.2, -0.15) is 0 Å². The number of amides is 1. The maximum absolute atomic E-state index is 13.3. The van der Waals surface area contributed by atoms with E-state index in [1.165, 1.54) is 17.0 Å². The summed E-state index contributed by atoms with van der Waals surface area (Å²) in [6.45, 7) is 0. The third-order valence-corrected chi connectivity index (χ3v) is 7.35. The predicted molar refractivity (Wildman–Crippen MR) is 106 cm³/mol. The fraction of sp³-hybridized carbons (Fsp3) is 0.238. The second-order valence-corrected chi connectivity index (χ2v) is 9.67. The number of rotatable bonds is 2. The van der Waals surface area contributed by atoms with Crippen LogP contribution in [0.1, 0.15) is 34.1 Å². The molecule has 2 aliphatic rings. The first-order valence-electron chi connectivity index (χ1n) is 9.23. The van der Waals surface area contributed by atoms with Crippen LogP contribution in [0.25, 0.3) is 11.0 Å². The molecule has 0 spiro atoms. The van der Waals surface area contributed by atoms with Gasteiger partial charge >= 0.3 is 0 Å². The fourth-order valence-electron chi connectivity index (χ4n) is 4.33. The van der Waals surface area contributed by atoms with E-state index in [1.807, 2.05) is 0 Å². The summed E-state index contributed by atoms with van der Waals surface area (Å²) in [5, 5.41) is 10.3. The number of sulfone groups is 1. The highest BCUT2D eigenvalue weighted by Crippen LogP contribution is 2.41. The van der Waals surface area contributed by atoms with Gasteiger partial charge in [0.05, 0.1) is 28.5 Å². The molecule has 1 amide bonds. The van der Waals surface area contributed by atoms with E-state index in [4.69, 9.17) is 4.42 Å². The highest BCUT2D eigenvalue weighted by molar-refractivity contribution is 7.91. The first-order chi connectivity index (χ1) is 13.9. The van der Waals surface area contributed by atoms with Gasteiger partial charge in [0.2, 0.25) is 5.76 Å². The Bertz CT molecular complexity index is 1330. The number of carbonyl (C=O) groups is 1. The highest BCUT2D eigenvalue weighted by Gasteiger charge is 2.48. The lowest BCUT2D eigenvalue weighted by Crippen LogP contribution is -2.40. The molecule has 1 fully saturated rings. The molecule has 0 unspecified atom stereocenters. The van der Waals surface area contributed by atoms with Crippen LogP contribution >= 0.6 is 0 Å². The van der Waals surface area contributed by atoms with Gasteiger partial charge in [-0.1, -0.05) is 24.3 Å². The summed E-state index contributed by atoms with van der Waals surface area (Å²) in [5.74, 6) is -0.735. The average Bonchev–Trinajstić information content (AvgIpc) is 3.19. The van der Waals surface area contributed by atoms with Gasteiger partial charge < -0.3 is 14.4 Å². The number of aromatic hydroxyl groups is 1. The van der Waals surface area contributed by atoms with Crippen LogP contribution in [-0.4, -0.2) is 41.9 Å². The molecule has 5 rings (SSSR count). The molecular formula is C21H17NO6S. The average molecular weight is 411 g/mol. The minimum atomic E-state index is -3.26. The molecule has 2 aliphatic heterocycles. The van der Waals surface area contributed by atoms with Crippen molar-refractivity contribution >= 4 is 26.7 Å². The quantitative estimate of drug-likeness (QED) is 0.693. The number of para-hydroxylation sites is 1. The Balaban J connectivity index is 1.77. The number of hydrogen-bond donors (Lipinski definition) is 1. The van der Waals surface area contributed by atoms with Crippen LogP contribution in [0.15, 0.2) is 57.7 Å². The molecule has 3 heterocycles. The number of fused-ring (bicyclic) bond motifs is 2. The van der Waals surface area contributed by atoms with Crippen LogP contribution < -0.4 is 5.43 Å². The predicted octanol–water partition coefficient (Wildman–Crippen LogP) is 2.23. The minimum Gasteiger partial charge on any atom is -0.508 e. The van der Waals surface area contributed by atoms with Crippen molar-refractivity contribution < 1.29 is 22.7 Å². The zero-order valence-corrected chi connectivity index (χ0v) is 16.1. The van der Waals surface area contributed by atoms with Crippen LogP contribution in [0.3, 0.4) is 0 Å². The second kappa shape index (κ2) is 6.18. The SMILES string of the molecule is O=C1c2oc3ccccc3c(=O)c2[C@@H](c2cccc(O)c2)N1[C@H]1CCS(=O)(=O)C1. The molecule has 0 saturated carbocycles. The summed E-state index contributed by atoms with van der Waals surface area (Å²) < 4.78 is 30.0. The van der Waals surface area contributed by atoms with Gasteiger partial charge in [0.25, 0.3) is 5.91 Å². The Hall–Kier alpha value is -3.13. The number of phenols is 1. The second-order valence-electron chi connectivity index (χ2n) is 7.44. The van der Waals surface area contributed by atoms with Gasteiger partial charge in [-0.15, -0.1) is 0 Å². The van der Waals surface area contributed by atoms with Crippen LogP contribution in [-0.2, 0) is 9.84 Å². The molecule has 0 aliphatic carbocycles. The molecule has 3 aromatic rings. The van der Waals surface area contributed by atoms with E-state index in [2.05, 4.69) is 0 Å². The van der Waals surface area contributed by atoms with Gasteiger partial charge in [-0.25, -0.2) is 8.42 Å². The Morgan fingerprint density at radius 2 is 1.86 bits per heavy atom. The molecule has 2 aromatic carbocycles. The maximum Gasteiger partial charge on any atom is 0.291 e. The Labute approximate surface area is 166 Å². The van der Waals surface area contributed by atoms with Gasteiger partial charge in [0.15, 0.2) is 15.3 Å². The van der Waals surface area contributed by atoms with Crippen LogP contribution in [0, 0.1) is 0 Å². The summed E-state index contributed by atoms with van der Waals surface area (Å²) in [5.41, 5.74) is 0.694. The smallest absolute Gasteiger partial charge is 0.291 e. The molecule has 0 bridgehead atoms. The molecule has 1 saturated heterocycles. The van der Waals surface area contributed by atoms with Gasteiger partial charge in [0.1, 0.15) is 11.3 Å². The Kier molecular flexibility index (Phi) is 3.82. The van der Waals surface area contributed by atoms with Crippen molar-refractivity contribution in [3.8, 4) is 5.75 Å². The Morgan fingerprint density at radius 1 is 1.07 bits per heavy atom. The van der Waals surface area contributed by atoms with E-state index in [1.54, 1.807) is 36.4 Å². The lowest BCUT2D eigenvalue weighted by Gasteiger charge is -2.30. The first kappa shape index (κ1) is 17.9. The van der Waals surface area contributed by atoms with E-state index in [0.717, 1.165) is 0 Å². The van der Waals surface area contributed by atoms with Gasteiger partial charge in [0, 0.05) is 6.04 Å². The van der Waals surface area contributed by atoms with E-state index in [9.17, 15) is 23.1 Å². The normalized spacial score (nSPS) is 22.9. The zero-order valence-electron chi connectivity index (χ0n) is 15.2. The summed E-state index contributed by atoms with van der Waals surface area (Å²) >= 11 is 0. The summed E-state index contributed by atoms with van der Waals surface area (Å²) in [7, 11) is -3.26. The van der Waals surface area contributed by atoms with Crippen molar-refractivity contribution in [2.24, 2.45) is 0 Å². The van der Waals surface area contributed by atoms with Gasteiger partial charge in [-0.05, 0) is 36.2 Å². The molecule has 7 nitrogen and oxygen atoms in total. The monoisotopic (exact) mass is 411 g/mol. The van der Waals surface area contributed by atoms with Gasteiger partial charge in [-0.3, -0.25) is 9.59 Å². The summed E-state index contributed by atoms with van der Waals surface area (Å²) in [6.07, 6.45) is 0.297. The number of phenolic OH excluding ortho intramolecular Hbond substituents is 1. The summed E-state index contributed by atoms with van der Waals surface area (Å²) in [4.78, 5) is 28.0. The molecule has 1 N–H and O–H groups in total. The van der Waals surface area contributed by atoms with Crippen LogP contribution in [0.2, 0.25) is 0 Å². The number of carbonyl (C=O) groups excluding carboxylic acids is 1. The van der Waals surface area contributed by atoms with E-state index >= 15 is 0 Å². The number of hydrogen-bond acceptors (Lipinski definition) is 6. The van der Waals surface area contributed by atoms with E-state index in [0.29, 0.717) is 23.0 Å². The molecule has 148 valence electrons. The molecule has 8 heteroatoms. The van der Waals surface area contributed by atoms with Crippen molar-refractivity contribution in [2.75, 3.05) is 11.5 Å². The van der Waals surface area contributed by atoms with Crippen molar-refractivity contribution in [2.45, 2.75) is 18.5 Å². The lowest BCUT2D eigenvalue weighted by molar-refractivity contribution is 0.0662. The number of nitrogens with zero attached hydrogens (tertiary/aromatic N) is 1. The molecule has 0 radical (unpaired) electrons. The fourth-order valence-corrected chi connectivity index (χ4v) is 6.04. The minimum absolute atomic E-state index is 0.00605. The Morgan fingerprint density at radius 3 is 2.59 bits per heavy atom. The van der Waals surface area contributed by atoms with E-state index in [-0.39, 0.29) is 34.0 Å². The third-order valence-electron chi connectivity index (χ3n) is 5.60. The van der Waals surface area contributed by atoms with Crippen LogP contribution in [0.5, 0.6) is 5.75 Å². The van der Waals surface area contributed by atoms with Crippen molar-refractivity contribution in [3.05, 3.63) is 75.6 Å². The standard InChI is InChI=1S/C21H17NO6S/c23-14-5-3-4-12(10-14)18-17-19(24)15-6-1-2-7-16(15)28-20(17)21(25)22(18)13-8-9-29(26,27)11-13/h1-7,10,13,18,23H,8-9,11H2/t13-,18+/m0/s1. The van der Waals surface area contributed by atoms with Crippen LogP contribution in [0.4, 0.5) is 0 Å². The molecule has 2 atom stereocenters. The zero-order chi connectivity index (χ0) is 20.3. The maximum atomic E-state index is 13.3. The van der Waals surface area contributed by atoms with E-state index < -0.39 is 27.8 Å².